The van der Waals surface area contributed by atoms with Crippen LogP contribution < -0.4 is 0 Å². The summed E-state index contributed by atoms with van der Waals surface area (Å²) in [4.78, 5) is 15.2. The number of carbonyl (C=O) groups excluding carboxylic acids is 1. The summed E-state index contributed by atoms with van der Waals surface area (Å²) in [5, 5.41) is 4.15. The van der Waals surface area contributed by atoms with E-state index in [4.69, 9.17) is 11.3 Å². The lowest BCUT2D eigenvalue weighted by molar-refractivity contribution is 0.0519. The standard InChI is InChI=1S/C19H12F2IN3O2/c1-3-27-19(26)16-10-18(11-4-6-15(23-2)13(20)8-11)25(24-16)17-7-5-12(22)9-14(17)21/h4-10H,3H2,1H3. The Kier molecular flexibility index (Phi) is 5.51. The topological polar surface area (TPSA) is 48.5 Å². The van der Waals surface area contributed by atoms with E-state index in [-0.39, 0.29) is 23.7 Å². The SMILES string of the molecule is [C-]#[N+]c1ccc(-c2cc(C(=O)OCC)nn2-c2ccc(I)cc2F)cc1F. The van der Waals surface area contributed by atoms with Crippen LogP contribution in [-0.2, 0) is 4.74 Å². The van der Waals surface area contributed by atoms with Crippen molar-refractivity contribution in [1.29, 1.82) is 0 Å². The number of carbonyl (C=O) groups is 1. The fraction of sp³-hybridized carbons (Fsp3) is 0.105. The zero-order chi connectivity index (χ0) is 19.6. The number of hydrogen-bond acceptors (Lipinski definition) is 3. The molecule has 0 saturated heterocycles. The minimum atomic E-state index is -0.712. The fourth-order valence-electron chi connectivity index (χ4n) is 2.49. The van der Waals surface area contributed by atoms with Gasteiger partial charge >= 0.3 is 5.97 Å². The molecule has 3 rings (SSSR count). The highest BCUT2D eigenvalue weighted by molar-refractivity contribution is 14.1. The second kappa shape index (κ2) is 7.84. The van der Waals surface area contributed by atoms with E-state index in [0.717, 1.165) is 6.07 Å². The second-order valence-electron chi connectivity index (χ2n) is 5.42. The molecule has 0 amide bonds. The lowest BCUT2D eigenvalue weighted by atomic mass is 10.1. The molecule has 8 heteroatoms. The molecule has 0 N–H and O–H groups in total. The monoisotopic (exact) mass is 479 g/mol. The Labute approximate surface area is 167 Å². The van der Waals surface area contributed by atoms with Crippen molar-refractivity contribution in [2.24, 2.45) is 0 Å². The third kappa shape index (κ3) is 3.83. The maximum absolute atomic E-state index is 14.5. The van der Waals surface area contributed by atoms with E-state index in [1.165, 1.54) is 35.0 Å². The van der Waals surface area contributed by atoms with Gasteiger partial charge in [-0.3, -0.25) is 0 Å². The number of ether oxygens (including phenoxy) is 1. The van der Waals surface area contributed by atoms with Gasteiger partial charge in [0.2, 0.25) is 5.69 Å². The van der Waals surface area contributed by atoms with E-state index in [1.54, 1.807) is 13.0 Å². The summed E-state index contributed by atoms with van der Waals surface area (Å²) in [7, 11) is 0. The summed E-state index contributed by atoms with van der Waals surface area (Å²) < 4.78 is 35.4. The summed E-state index contributed by atoms with van der Waals surface area (Å²) >= 11 is 1.98. The molecule has 0 bridgehead atoms. The van der Waals surface area contributed by atoms with Crippen LogP contribution in [0.15, 0.2) is 42.5 Å². The molecular formula is C19H12F2IN3O2. The van der Waals surface area contributed by atoms with Crippen LogP contribution in [0.25, 0.3) is 21.8 Å². The molecule has 0 fully saturated rings. The van der Waals surface area contributed by atoms with Crippen molar-refractivity contribution < 1.29 is 18.3 Å². The van der Waals surface area contributed by atoms with Gasteiger partial charge in [0.1, 0.15) is 17.3 Å². The van der Waals surface area contributed by atoms with Gasteiger partial charge in [0, 0.05) is 9.13 Å². The molecule has 1 aromatic heterocycles. The molecule has 0 aliphatic carbocycles. The summed E-state index contributed by atoms with van der Waals surface area (Å²) in [6.45, 7) is 8.77. The van der Waals surface area contributed by atoms with Gasteiger partial charge in [0.25, 0.3) is 0 Å². The van der Waals surface area contributed by atoms with Crippen LogP contribution in [0, 0.1) is 21.8 Å². The van der Waals surface area contributed by atoms with Crippen LogP contribution >= 0.6 is 22.6 Å². The molecule has 5 nitrogen and oxygen atoms in total. The largest absolute Gasteiger partial charge is 0.461 e. The van der Waals surface area contributed by atoms with Crippen LogP contribution in [0.1, 0.15) is 17.4 Å². The number of benzene rings is 2. The summed E-state index contributed by atoms with van der Waals surface area (Å²) in [6.07, 6.45) is 0. The molecule has 0 radical (unpaired) electrons. The highest BCUT2D eigenvalue weighted by Gasteiger charge is 2.20. The smallest absolute Gasteiger partial charge is 0.358 e. The van der Waals surface area contributed by atoms with Crippen LogP contribution in [0.4, 0.5) is 14.5 Å². The van der Waals surface area contributed by atoms with Crippen molar-refractivity contribution in [2.75, 3.05) is 6.61 Å². The molecule has 0 aliphatic heterocycles. The molecule has 3 aromatic rings. The molecule has 136 valence electrons. The molecular weight excluding hydrogens is 467 g/mol. The quantitative estimate of drug-likeness (QED) is 0.296. The van der Waals surface area contributed by atoms with Crippen LogP contribution in [-0.4, -0.2) is 22.4 Å². The lowest BCUT2D eigenvalue weighted by Gasteiger charge is -2.09. The van der Waals surface area contributed by atoms with Crippen LogP contribution in [0.2, 0.25) is 0 Å². The van der Waals surface area contributed by atoms with Crippen molar-refractivity contribution in [1.82, 2.24) is 9.78 Å². The first-order valence-corrected chi connectivity index (χ1v) is 8.92. The maximum atomic E-state index is 14.5. The van der Waals surface area contributed by atoms with Crippen molar-refractivity contribution in [3.8, 4) is 16.9 Å². The Morgan fingerprint density at radius 1 is 1.22 bits per heavy atom. The third-order valence-corrected chi connectivity index (χ3v) is 4.37. The highest BCUT2D eigenvalue weighted by Crippen LogP contribution is 2.29. The van der Waals surface area contributed by atoms with Gasteiger partial charge in [-0.2, -0.15) is 5.10 Å². The number of aromatic nitrogens is 2. The predicted octanol–water partition coefficient (Wildman–Crippen LogP) is 5.15. The van der Waals surface area contributed by atoms with E-state index < -0.39 is 17.6 Å². The van der Waals surface area contributed by atoms with Gasteiger partial charge in [-0.05, 0) is 59.8 Å². The summed E-state index contributed by atoms with van der Waals surface area (Å²) in [5.41, 5.74) is 0.598. The van der Waals surface area contributed by atoms with Crippen LogP contribution in [0.5, 0.6) is 0 Å². The number of rotatable bonds is 4. The van der Waals surface area contributed by atoms with Crippen LogP contribution in [0.3, 0.4) is 0 Å². The van der Waals surface area contributed by atoms with Crippen molar-refractivity contribution in [3.05, 3.63) is 74.8 Å². The Balaban J connectivity index is 2.21. The minimum Gasteiger partial charge on any atom is -0.461 e. The van der Waals surface area contributed by atoms with E-state index in [9.17, 15) is 13.6 Å². The first-order valence-electron chi connectivity index (χ1n) is 7.84. The first kappa shape index (κ1) is 19.0. The van der Waals surface area contributed by atoms with Crippen molar-refractivity contribution in [3.63, 3.8) is 0 Å². The molecule has 27 heavy (non-hydrogen) atoms. The Morgan fingerprint density at radius 2 is 2.00 bits per heavy atom. The van der Waals surface area contributed by atoms with Gasteiger partial charge in [-0.15, -0.1) is 0 Å². The number of esters is 1. The molecule has 0 atom stereocenters. The van der Waals surface area contributed by atoms with Gasteiger partial charge < -0.3 is 4.74 Å². The zero-order valence-corrected chi connectivity index (χ0v) is 16.2. The normalized spacial score (nSPS) is 10.5. The van der Waals surface area contributed by atoms with Gasteiger partial charge in [0.05, 0.1) is 18.9 Å². The van der Waals surface area contributed by atoms with Gasteiger partial charge in [-0.25, -0.2) is 23.1 Å². The Hall–Kier alpha value is -2.80. The molecule has 2 aromatic carbocycles. The molecule has 0 saturated carbocycles. The second-order valence-corrected chi connectivity index (χ2v) is 6.67. The van der Waals surface area contributed by atoms with Crippen molar-refractivity contribution in [2.45, 2.75) is 6.92 Å². The number of halogens is 3. The third-order valence-electron chi connectivity index (χ3n) is 3.70. The lowest BCUT2D eigenvalue weighted by Crippen LogP contribution is -2.07. The number of hydrogen-bond donors (Lipinski definition) is 0. The highest BCUT2D eigenvalue weighted by atomic mass is 127. The minimum absolute atomic E-state index is 0.0283. The molecule has 1 heterocycles. The maximum Gasteiger partial charge on any atom is 0.358 e. The van der Waals surface area contributed by atoms with E-state index in [0.29, 0.717) is 14.8 Å². The fourth-order valence-corrected chi connectivity index (χ4v) is 2.94. The molecule has 0 unspecified atom stereocenters. The zero-order valence-electron chi connectivity index (χ0n) is 14.0. The van der Waals surface area contributed by atoms with E-state index in [1.807, 2.05) is 22.6 Å². The summed E-state index contributed by atoms with van der Waals surface area (Å²) in [5.74, 6) is -1.92. The average molecular weight is 479 g/mol. The Morgan fingerprint density at radius 3 is 2.63 bits per heavy atom. The van der Waals surface area contributed by atoms with E-state index >= 15 is 0 Å². The van der Waals surface area contributed by atoms with Gasteiger partial charge in [0.15, 0.2) is 5.69 Å². The predicted molar refractivity (Wildman–Crippen MR) is 104 cm³/mol. The molecule has 0 aliphatic rings. The number of nitrogens with zero attached hydrogens (tertiary/aromatic N) is 3. The van der Waals surface area contributed by atoms with E-state index in [2.05, 4.69) is 9.94 Å². The van der Waals surface area contributed by atoms with Crippen molar-refractivity contribution >= 4 is 34.2 Å². The Bertz CT molecular complexity index is 1070. The first-order chi connectivity index (χ1) is 12.9. The molecule has 0 spiro atoms. The summed E-state index contributed by atoms with van der Waals surface area (Å²) in [6, 6.07) is 9.94. The van der Waals surface area contributed by atoms with Gasteiger partial charge in [-0.1, -0.05) is 12.1 Å². The average Bonchev–Trinajstić information content (AvgIpc) is 3.07.